The molecule has 0 unspecified atom stereocenters. The van der Waals surface area contributed by atoms with Crippen molar-refractivity contribution in [2.45, 2.75) is 6.92 Å². The smallest absolute Gasteiger partial charge is 0.154 e. The van der Waals surface area contributed by atoms with Crippen LogP contribution in [0.25, 0.3) is 11.4 Å². The summed E-state index contributed by atoms with van der Waals surface area (Å²) in [5.74, 6) is 0.795. The van der Waals surface area contributed by atoms with Crippen molar-refractivity contribution in [3.63, 3.8) is 0 Å². The van der Waals surface area contributed by atoms with E-state index in [0.717, 1.165) is 11.4 Å². The molecular weight excluding hydrogens is 266 g/mol. The Balaban J connectivity index is 2.58. The molecule has 0 fully saturated rings. The van der Waals surface area contributed by atoms with Gasteiger partial charge in [-0.25, -0.2) is 4.98 Å². The Bertz CT molecular complexity index is 561. The molecule has 80 valence electrons. The van der Waals surface area contributed by atoms with Gasteiger partial charge in [0.05, 0.1) is 0 Å². The lowest BCUT2D eigenvalue weighted by Gasteiger charge is -2.02. The normalized spacial score (nSPS) is 10.1. The predicted octanol–water partition coefficient (Wildman–Crippen LogP) is 3.03. The fourth-order valence-corrected chi connectivity index (χ4v) is 2.07. The predicted molar refractivity (Wildman–Crippen MR) is 65.8 cm³/mol. The third-order valence-corrected chi connectivity index (χ3v) is 3.02. The number of hydrogen-bond acceptors (Lipinski definition) is 2. The Labute approximate surface area is 102 Å². The van der Waals surface area contributed by atoms with Gasteiger partial charge in [-0.15, -0.1) is 0 Å². The van der Waals surface area contributed by atoms with Crippen LogP contribution in [-0.4, -0.2) is 9.55 Å². The van der Waals surface area contributed by atoms with Gasteiger partial charge in [0.15, 0.2) is 5.69 Å². The largest absolute Gasteiger partial charge is 0.318 e. The number of imidazole rings is 1. The van der Waals surface area contributed by atoms with Gasteiger partial charge in [0.2, 0.25) is 0 Å². The summed E-state index contributed by atoms with van der Waals surface area (Å²) < 4.78 is 2.38. The first-order valence-corrected chi connectivity index (χ1v) is 5.62. The lowest BCUT2D eigenvalue weighted by Crippen LogP contribution is -1.95. The van der Waals surface area contributed by atoms with Crippen molar-refractivity contribution in [3.8, 4) is 17.5 Å². The van der Waals surface area contributed by atoms with Crippen molar-refractivity contribution in [2.75, 3.05) is 0 Å². The number of aryl methyl sites for hydroxylation is 1. The lowest BCUT2D eigenvalue weighted by molar-refractivity contribution is 0.906. The number of benzene rings is 1. The Morgan fingerprint density at radius 1 is 1.31 bits per heavy atom. The van der Waals surface area contributed by atoms with E-state index in [1.807, 2.05) is 38.2 Å². The molecule has 0 spiro atoms. The average Bonchev–Trinajstić information content (AvgIpc) is 2.55. The monoisotopic (exact) mass is 275 g/mol. The molecule has 0 N–H and O–H groups in total. The summed E-state index contributed by atoms with van der Waals surface area (Å²) in [4.78, 5) is 4.34. The van der Waals surface area contributed by atoms with Gasteiger partial charge >= 0.3 is 0 Å². The third kappa shape index (κ3) is 1.74. The zero-order valence-corrected chi connectivity index (χ0v) is 10.6. The third-order valence-electron chi connectivity index (χ3n) is 2.47. The lowest BCUT2D eigenvalue weighted by atomic mass is 10.1. The number of halogens is 1. The van der Waals surface area contributed by atoms with Crippen LogP contribution in [0.15, 0.2) is 28.9 Å². The number of nitrogens with zero attached hydrogens (tertiary/aromatic N) is 3. The first kappa shape index (κ1) is 10.9. The molecule has 0 aliphatic rings. The minimum Gasteiger partial charge on any atom is -0.318 e. The van der Waals surface area contributed by atoms with Crippen LogP contribution in [-0.2, 0) is 7.05 Å². The fourth-order valence-electron chi connectivity index (χ4n) is 1.55. The zero-order valence-electron chi connectivity index (χ0n) is 9.03. The van der Waals surface area contributed by atoms with Crippen LogP contribution >= 0.6 is 15.9 Å². The van der Waals surface area contributed by atoms with Gasteiger partial charge in [0.25, 0.3) is 0 Å². The van der Waals surface area contributed by atoms with Crippen molar-refractivity contribution in [1.82, 2.24) is 9.55 Å². The Hall–Kier alpha value is -1.60. The second-order valence-electron chi connectivity index (χ2n) is 3.61. The Morgan fingerprint density at radius 3 is 2.44 bits per heavy atom. The number of rotatable bonds is 1. The average molecular weight is 276 g/mol. The molecule has 0 amide bonds. The maximum absolute atomic E-state index is 8.96. The van der Waals surface area contributed by atoms with Crippen LogP contribution in [0, 0.1) is 18.3 Å². The highest BCUT2D eigenvalue weighted by Gasteiger charge is 2.13. The Morgan fingerprint density at radius 2 is 1.94 bits per heavy atom. The molecule has 0 radical (unpaired) electrons. The van der Waals surface area contributed by atoms with Crippen molar-refractivity contribution in [2.24, 2.45) is 7.05 Å². The molecule has 1 heterocycles. The Kier molecular flexibility index (Phi) is 2.80. The highest BCUT2D eigenvalue weighted by Crippen LogP contribution is 2.24. The summed E-state index contributed by atoms with van der Waals surface area (Å²) in [6.45, 7) is 2.04. The van der Waals surface area contributed by atoms with Crippen LogP contribution in [0.1, 0.15) is 11.3 Å². The summed E-state index contributed by atoms with van der Waals surface area (Å²) in [6, 6.07) is 10.2. The quantitative estimate of drug-likeness (QED) is 0.803. The summed E-state index contributed by atoms with van der Waals surface area (Å²) in [6.07, 6.45) is 0. The van der Waals surface area contributed by atoms with E-state index in [2.05, 4.69) is 27.0 Å². The highest BCUT2D eigenvalue weighted by atomic mass is 79.9. The van der Waals surface area contributed by atoms with E-state index < -0.39 is 0 Å². The standard InChI is InChI=1S/C12H10BrN3/c1-8-3-5-9(6-4-8)12-15-11(13)10(7-14)16(12)2/h3-6H,1-2H3. The minimum atomic E-state index is 0.538. The molecule has 1 aromatic heterocycles. The van der Waals surface area contributed by atoms with Crippen molar-refractivity contribution < 1.29 is 0 Å². The fraction of sp³-hybridized carbons (Fsp3) is 0.167. The van der Waals surface area contributed by atoms with E-state index >= 15 is 0 Å². The minimum absolute atomic E-state index is 0.538. The molecule has 0 bridgehead atoms. The van der Waals surface area contributed by atoms with Crippen molar-refractivity contribution in [1.29, 1.82) is 5.26 Å². The molecule has 0 saturated carbocycles. The molecule has 0 saturated heterocycles. The highest BCUT2D eigenvalue weighted by molar-refractivity contribution is 9.10. The first-order valence-electron chi connectivity index (χ1n) is 4.83. The van der Waals surface area contributed by atoms with Crippen LogP contribution in [0.2, 0.25) is 0 Å². The van der Waals surface area contributed by atoms with Crippen LogP contribution < -0.4 is 0 Å². The van der Waals surface area contributed by atoms with Gasteiger partial charge < -0.3 is 4.57 Å². The number of aromatic nitrogens is 2. The van der Waals surface area contributed by atoms with Gasteiger partial charge in [-0.1, -0.05) is 29.8 Å². The first-order chi connectivity index (χ1) is 7.63. The van der Waals surface area contributed by atoms with E-state index in [0.29, 0.717) is 10.3 Å². The van der Waals surface area contributed by atoms with Gasteiger partial charge in [0.1, 0.15) is 16.5 Å². The number of hydrogen-bond donors (Lipinski definition) is 0. The summed E-state index contributed by atoms with van der Waals surface area (Å²) >= 11 is 3.29. The van der Waals surface area contributed by atoms with E-state index in [-0.39, 0.29) is 0 Å². The molecule has 16 heavy (non-hydrogen) atoms. The van der Waals surface area contributed by atoms with Gasteiger partial charge in [0, 0.05) is 12.6 Å². The van der Waals surface area contributed by atoms with E-state index in [1.165, 1.54) is 5.56 Å². The molecule has 0 atom stereocenters. The second kappa shape index (κ2) is 4.11. The molecule has 0 aliphatic carbocycles. The van der Waals surface area contributed by atoms with E-state index in [1.54, 1.807) is 4.57 Å². The molecular formula is C12H10BrN3. The summed E-state index contributed by atoms with van der Waals surface area (Å²) in [5.41, 5.74) is 2.75. The van der Waals surface area contributed by atoms with Gasteiger partial charge in [-0.3, -0.25) is 0 Å². The SMILES string of the molecule is Cc1ccc(-c2nc(Br)c(C#N)n2C)cc1. The van der Waals surface area contributed by atoms with E-state index in [4.69, 9.17) is 5.26 Å². The number of nitriles is 1. The molecule has 4 heteroatoms. The van der Waals surface area contributed by atoms with Crippen LogP contribution in [0.5, 0.6) is 0 Å². The maximum atomic E-state index is 8.96. The zero-order chi connectivity index (χ0) is 11.7. The van der Waals surface area contributed by atoms with Gasteiger partial charge in [-0.05, 0) is 22.9 Å². The molecule has 0 aliphatic heterocycles. The van der Waals surface area contributed by atoms with Crippen LogP contribution in [0.4, 0.5) is 0 Å². The topological polar surface area (TPSA) is 41.6 Å². The molecule has 3 nitrogen and oxygen atoms in total. The van der Waals surface area contributed by atoms with Gasteiger partial charge in [-0.2, -0.15) is 5.26 Å². The summed E-state index contributed by atoms with van der Waals surface area (Å²) in [5, 5.41) is 8.96. The molecule has 2 rings (SSSR count). The maximum Gasteiger partial charge on any atom is 0.154 e. The van der Waals surface area contributed by atoms with Crippen LogP contribution in [0.3, 0.4) is 0 Å². The molecule has 2 aromatic rings. The second-order valence-corrected chi connectivity index (χ2v) is 4.36. The van der Waals surface area contributed by atoms with E-state index in [9.17, 15) is 0 Å². The summed E-state index contributed by atoms with van der Waals surface area (Å²) in [7, 11) is 1.84. The van der Waals surface area contributed by atoms with Crippen molar-refractivity contribution in [3.05, 3.63) is 40.1 Å². The van der Waals surface area contributed by atoms with Crippen molar-refractivity contribution >= 4 is 15.9 Å². The molecule has 1 aromatic carbocycles.